The van der Waals surface area contributed by atoms with Crippen LogP contribution in [0.1, 0.15) is 12.8 Å². The summed E-state index contributed by atoms with van der Waals surface area (Å²) in [6.45, 7) is 0. The zero-order chi connectivity index (χ0) is 9.84. The van der Waals surface area contributed by atoms with Gasteiger partial charge in [-0.1, -0.05) is 12.2 Å². The summed E-state index contributed by atoms with van der Waals surface area (Å²) >= 11 is 0. The first-order valence-electron chi connectivity index (χ1n) is 4.10. The van der Waals surface area contributed by atoms with Gasteiger partial charge in [0.2, 0.25) is 0 Å². The van der Waals surface area contributed by atoms with E-state index in [9.17, 15) is 14.7 Å². The molecular formula is C9H11O4-. The molecule has 4 heteroatoms. The van der Waals surface area contributed by atoms with Gasteiger partial charge >= 0.3 is 5.97 Å². The molecule has 0 unspecified atom stereocenters. The fraction of sp³-hybridized carbons (Fsp3) is 0.556. The summed E-state index contributed by atoms with van der Waals surface area (Å²) in [5.41, 5.74) is 0. The third-order valence-electron chi connectivity index (χ3n) is 2.24. The van der Waals surface area contributed by atoms with Gasteiger partial charge in [0.25, 0.3) is 0 Å². The molecule has 0 fully saturated rings. The maximum atomic E-state index is 11.1. The molecule has 0 bridgehead atoms. The summed E-state index contributed by atoms with van der Waals surface area (Å²) in [4.78, 5) is 21.8. The summed E-state index contributed by atoms with van der Waals surface area (Å²) in [6.07, 6.45) is 4.31. The molecule has 1 rings (SSSR count). The van der Waals surface area contributed by atoms with Gasteiger partial charge in [0.1, 0.15) is 0 Å². The Labute approximate surface area is 76.2 Å². The van der Waals surface area contributed by atoms with E-state index in [0.717, 1.165) is 0 Å². The Hall–Kier alpha value is -1.32. The number of hydrogen-bond donors (Lipinski definition) is 0. The van der Waals surface area contributed by atoms with Crippen LogP contribution in [-0.4, -0.2) is 19.0 Å². The van der Waals surface area contributed by atoms with Crippen molar-refractivity contribution in [3.05, 3.63) is 12.2 Å². The van der Waals surface area contributed by atoms with Crippen LogP contribution in [0.25, 0.3) is 0 Å². The first-order valence-corrected chi connectivity index (χ1v) is 4.10. The Kier molecular flexibility index (Phi) is 3.06. The number of carboxylic acids is 1. The molecule has 4 nitrogen and oxygen atoms in total. The third-order valence-corrected chi connectivity index (χ3v) is 2.24. The lowest BCUT2D eigenvalue weighted by Crippen LogP contribution is -2.40. The second-order valence-corrected chi connectivity index (χ2v) is 3.00. The molecule has 0 amide bonds. The molecule has 13 heavy (non-hydrogen) atoms. The maximum Gasteiger partial charge on any atom is 0.309 e. The van der Waals surface area contributed by atoms with Gasteiger partial charge in [-0.2, -0.15) is 0 Å². The highest BCUT2D eigenvalue weighted by atomic mass is 16.5. The summed E-state index contributed by atoms with van der Waals surface area (Å²) in [7, 11) is 1.26. The third kappa shape index (κ3) is 2.08. The lowest BCUT2D eigenvalue weighted by molar-refractivity contribution is -0.313. The van der Waals surface area contributed by atoms with Crippen molar-refractivity contribution >= 4 is 11.9 Å². The van der Waals surface area contributed by atoms with Crippen molar-refractivity contribution in [2.24, 2.45) is 11.8 Å². The summed E-state index contributed by atoms with van der Waals surface area (Å²) in [5.74, 6) is -2.98. The Bertz CT molecular complexity index is 244. The molecule has 0 heterocycles. The zero-order valence-electron chi connectivity index (χ0n) is 7.36. The van der Waals surface area contributed by atoms with Crippen LogP contribution in [0, 0.1) is 11.8 Å². The fourth-order valence-corrected chi connectivity index (χ4v) is 1.49. The van der Waals surface area contributed by atoms with Crippen LogP contribution < -0.4 is 5.11 Å². The van der Waals surface area contributed by atoms with Crippen molar-refractivity contribution in [1.29, 1.82) is 0 Å². The first kappa shape index (κ1) is 9.77. The van der Waals surface area contributed by atoms with Crippen LogP contribution >= 0.6 is 0 Å². The summed E-state index contributed by atoms with van der Waals surface area (Å²) in [6, 6.07) is 0. The highest BCUT2D eigenvalue weighted by Gasteiger charge is 2.30. The van der Waals surface area contributed by atoms with Gasteiger partial charge < -0.3 is 14.6 Å². The molecule has 0 aromatic heterocycles. The van der Waals surface area contributed by atoms with Gasteiger partial charge in [0.05, 0.1) is 13.0 Å². The van der Waals surface area contributed by atoms with Crippen LogP contribution in [0.15, 0.2) is 12.2 Å². The van der Waals surface area contributed by atoms with E-state index in [1.54, 1.807) is 12.2 Å². The SMILES string of the molecule is COC(=O)[C@@H]1CC=CC[C@H]1C(=O)[O-]. The molecule has 0 spiro atoms. The number of carboxylic acid groups (broad SMARTS) is 1. The molecule has 0 N–H and O–H groups in total. The average Bonchev–Trinajstić information content (AvgIpc) is 2.16. The number of ether oxygens (including phenoxy) is 1. The van der Waals surface area contributed by atoms with E-state index in [1.807, 2.05) is 0 Å². The van der Waals surface area contributed by atoms with Crippen molar-refractivity contribution < 1.29 is 19.4 Å². The number of allylic oxidation sites excluding steroid dienone is 2. The minimum atomic E-state index is -1.18. The predicted octanol–water partition coefficient (Wildman–Crippen LogP) is -0.508. The smallest absolute Gasteiger partial charge is 0.309 e. The number of esters is 1. The molecule has 72 valence electrons. The fourth-order valence-electron chi connectivity index (χ4n) is 1.49. The second-order valence-electron chi connectivity index (χ2n) is 3.00. The quantitative estimate of drug-likeness (QED) is 0.427. The monoisotopic (exact) mass is 183 g/mol. The summed E-state index contributed by atoms with van der Waals surface area (Å²) in [5, 5.41) is 10.6. The van der Waals surface area contributed by atoms with E-state index in [1.165, 1.54) is 7.11 Å². The molecule has 0 saturated carbocycles. The van der Waals surface area contributed by atoms with Gasteiger partial charge in [0.15, 0.2) is 0 Å². The highest BCUT2D eigenvalue weighted by Crippen LogP contribution is 2.25. The van der Waals surface area contributed by atoms with Crippen molar-refractivity contribution in [2.45, 2.75) is 12.8 Å². The molecular weight excluding hydrogens is 172 g/mol. The van der Waals surface area contributed by atoms with E-state index < -0.39 is 23.8 Å². The van der Waals surface area contributed by atoms with Crippen LogP contribution in [0.5, 0.6) is 0 Å². The molecule has 0 aliphatic heterocycles. The van der Waals surface area contributed by atoms with Gasteiger partial charge in [-0.25, -0.2) is 0 Å². The molecule has 1 aliphatic rings. The molecule has 2 atom stereocenters. The minimum absolute atomic E-state index is 0.349. The Morgan fingerprint density at radius 2 is 1.85 bits per heavy atom. The zero-order valence-corrected chi connectivity index (χ0v) is 7.36. The molecule has 0 aromatic rings. The highest BCUT2D eigenvalue weighted by molar-refractivity contribution is 5.80. The summed E-state index contributed by atoms with van der Waals surface area (Å²) < 4.78 is 4.51. The number of carbonyl (C=O) groups excluding carboxylic acids is 2. The van der Waals surface area contributed by atoms with Crippen molar-refractivity contribution in [3.8, 4) is 0 Å². The Morgan fingerprint density at radius 1 is 1.31 bits per heavy atom. The molecule has 0 saturated heterocycles. The normalized spacial score (nSPS) is 26.8. The molecule has 1 aliphatic carbocycles. The number of aliphatic carboxylic acids is 1. The van der Waals surface area contributed by atoms with Crippen LogP contribution in [0.3, 0.4) is 0 Å². The lowest BCUT2D eigenvalue weighted by Gasteiger charge is -2.26. The van der Waals surface area contributed by atoms with Gasteiger partial charge in [-0.15, -0.1) is 0 Å². The van der Waals surface area contributed by atoms with E-state index in [4.69, 9.17) is 0 Å². The van der Waals surface area contributed by atoms with Crippen molar-refractivity contribution in [1.82, 2.24) is 0 Å². The van der Waals surface area contributed by atoms with Crippen molar-refractivity contribution in [3.63, 3.8) is 0 Å². The van der Waals surface area contributed by atoms with Gasteiger partial charge in [-0.05, 0) is 12.8 Å². The van der Waals surface area contributed by atoms with E-state index >= 15 is 0 Å². The van der Waals surface area contributed by atoms with Crippen molar-refractivity contribution in [2.75, 3.05) is 7.11 Å². The average molecular weight is 183 g/mol. The number of hydrogen-bond acceptors (Lipinski definition) is 4. The van der Waals surface area contributed by atoms with Crippen LogP contribution in [0.4, 0.5) is 0 Å². The Morgan fingerprint density at radius 3 is 2.31 bits per heavy atom. The predicted molar refractivity (Wildman–Crippen MR) is 42.4 cm³/mol. The molecule has 0 radical (unpaired) electrons. The first-order chi connectivity index (χ1) is 6.16. The lowest BCUT2D eigenvalue weighted by atomic mass is 9.83. The topological polar surface area (TPSA) is 66.4 Å². The van der Waals surface area contributed by atoms with Gasteiger partial charge in [0, 0.05) is 11.9 Å². The number of carbonyl (C=O) groups is 2. The molecule has 0 aromatic carbocycles. The van der Waals surface area contributed by atoms with Crippen LogP contribution in [0.2, 0.25) is 0 Å². The number of methoxy groups -OCH3 is 1. The van der Waals surface area contributed by atoms with E-state index in [-0.39, 0.29) is 0 Å². The minimum Gasteiger partial charge on any atom is -0.550 e. The van der Waals surface area contributed by atoms with Gasteiger partial charge in [-0.3, -0.25) is 4.79 Å². The standard InChI is InChI=1S/C9H12O4/c1-13-9(12)7-5-3-2-4-6(7)8(10)11/h2-3,6-7H,4-5H2,1H3,(H,10,11)/p-1/t6-,7-/m1/s1. The van der Waals surface area contributed by atoms with E-state index in [2.05, 4.69) is 4.74 Å². The second kappa shape index (κ2) is 4.07. The number of rotatable bonds is 2. The van der Waals surface area contributed by atoms with E-state index in [0.29, 0.717) is 12.8 Å². The maximum absolute atomic E-state index is 11.1. The Balaban J connectivity index is 2.75. The van der Waals surface area contributed by atoms with Crippen LogP contribution in [-0.2, 0) is 14.3 Å². The largest absolute Gasteiger partial charge is 0.550 e.